The van der Waals surface area contributed by atoms with E-state index in [2.05, 4.69) is 0 Å². The van der Waals surface area contributed by atoms with Crippen LogP contribution in [0.25, 0.3) is 6.08 Å². The molecule has 1 aromatic carbocycles. The predicted octanol–water partition coefficient (Wildman–Crippen LogP) is 1.49. The molecule has 0 bridgehead atoms. The molecule has 0 aliphatic rings. The van der Waals surface area contributed by atoms with Crippen molar-refractivity contribution in [2.24, 2.45) is 5.73 Å². The molecule has 0 amide bonds. The second-order valence-electron chi connectivity index (χ2n) is 4.40. The number of nitrogens with two attached hydrogens (primary N) is 1. The van der Waals surface area contributed by atoms with Crippen molar-refractivity contribution in [1.29, 1.82) is 0 Å². The Kier molecular flexibility index (Phi) is 7.36. The van der Waals surface area contributed by atoms with Crippen LogP contribution in [0, 0.1) is 6.92 Å². The number of Topliss-reactive ketones (excluding diaryl/α,β-unsaturated/α-hetero) is 1. The minimum absolute atomic E-state index is 0.0110. The second kappa shape index (κ2) is 9.05. The number of hydrogen-bond acceptors (Lipinski definition) is 5. The van der Waals surface area contributed by atoms with Crippen LogP contribution >= 0.6 is 0 Å². The van der Waals surface area contributed by atoms with Crippen molar-refractivity contribution >= 4 is 17.8 Å². The Hall–Kier alpha value is -1.98. The van der Waals surface area contributed by atoms with Crippen LogP contribution in [0.5, 0.6) is 0 Å². The van der Waals surface area contributed by atoms with E-state index < -0.39 is 11.8 Å². The van der Waals surface area contributed by atoms with Crippen LogP contribution in [0.2, 0.25) is 0 Å². The van der Waals surface area contributed by atoms with E-state index in [0.29, 0.717) is 6.54 Å². The van der Waals surface area contributed by atoms with E-state index in [0.717, 1.165) is 11.1 Å². The number of benzene rings is 1. The van der Waals surface area contributed by atoms with Crippen molar-refractivity contribution in [2.45, 2.75) is 13.8 Å². The van der Waals surface area contributed by atoms with Crippen LogP contribution in [0.15, 0.2) is 29.8 Å². The van der Waals surface area contributed by atoms with Crippen molar-refractivity contribution in [3.8, 4) is 0 Å². The van der Waals surface area contributed by atoms with E-state index in [1.54, 1.807) is 13.0 Å². The normalized spacial score (nSPS) is 11.3. The van der Waals surface area contributed by atoms with Crippen molar-refractivity contribution in [2.75, 3.05) is 26.4 Å². The number of carbonyl (C=O) groups is 2. The molecule has 0 saturated carbocycles. The summed E-state index contributed by atoms with van der Waals surface area (Å²) < 4.78 is 10.0. The summed E-state index contributed by atoms with van der Waals surface area (Å²) in [7, 11) is 0. The standard InChI is InChI=1S/C16H21NO4/c1-3-21-16(19)14(15(18)11-20-9-8-17)10-13-7-5-4-6-12(13)2/h4-7,10H,3,8-9,11,17H2,1-2H3/b14-10-. The van der Waals surface area contributed by atoms with Gasteiger partial charge in [-0.05, 0) is 31.1 Å². The topological polar surface area (TPSA) is 78.6 Å². The molecule has 0 spiro atoms. The Labute approximate surface area is 124 Å². The smallest absolute Gasteiger partial charge is 0.341 e. The largest absolute Gasteiger partial charge is 0.462 e. The second-order valence-corrected chi connectivity index (χ2v) is 4.40. The van der Waals surface area contributed by atoms with E-state index in [1.165, 1.54) is 0 Å². The lowest BCUT2D eigenvalue weighted by Gasteiger charge is -2.08. The monoisotopic (exact) mass is 291 g/mol. The maximum atomic E-state index is 12.1. The number of ketones is 1. The summed E-state index contributed by atoms with van der Waals surface area (Å²) in [5.74, 6) is -1.05. The maximum Gasteiger partial charge on any atom is 0.341 e. The van der Waals surface area contributed by atoms with Crippen LogP contribution in [0.3, 0.4) is 0 Å². The summed E-state index contributed by atoms with van der Waals surface area (Å²) in [6.07, 6.45) is 1.54. The molecule has 0 aromatic heterocycles. The molecular weight excluding hydrogens is 270 g/mol. The lowest BCUT2D eigenvalue weighted by Crippen LogP contribution is -2.21. The Bertz CT molecular complexity index is 523. The Balaban J connectivity index is 2.99. The SMILES string of the molecule is CCOC(=O)/C(=C\c1ccccc1C)C(=O)COCCN. The summed E-state index contributed by atoms with van der Waals surface area (Å²) in [6.45, 7) is 4.22. The van der Waals surface area contributed by atoms with Gasteiger partial charge in [-0.3, -0.25) is 4.79 Å². The third kappa shape index (κ3) is 5.49. The number of rotatable bonds is 8. The van der Waals surface area contributed by atoms with Crippen molar-refractivity contribution < 1.29 is 19.1 Å². The van der Waals surface area contributed by atoms with Crippen LogP contribution in [0.1, 0.15) is 18.1 Å². The van der Waals surface area contributed by atoms with Crippen LogP contribution in [-0.4, -0.2) is 38.1 Å². The van der Waals surface area contributed by atoms with Gasteiger partial charge in [0.05, 0.1) is 13.2 Å². The Morgan fingerprint density at radius 1 is 1.29 bits per heavy atom. The van der Waals surface area contributed by atoms with Gasteiger partial charge in [0.1, 0.15) is 12.2 Å². The zero-order valence-electron chi connectivity index (χ0n) is 12.4. The molecule has 1 aromatic rings. The molecular formula is C16H21NO4. The Morgan fingerprint density at radius 3 is 2.62 bits per heavy atom. The highest BCUT2D eigenvalue weighted by Crippen LogP contribution is 2.14. The molecule has 114 valence electrons. The molecule has 5 heteroatoms. The molecule has 0 unspecified atom stereocenters. The first-order valence-electron chi connectivity index (χ1n) is 6.85. The molecule has 0 radical (unpaired) electrons. The van der Waals surface area contributed by atoms with E-state index in [-0.39, 0.29) is 25.4 Å². The van der Waals surface area contributed by atoms with Crippen LogP contribution < -0.4 is 5.73 Å². The van der Waals surface area contributed by atoms with Crippen LogP contribution in [-0.2, 0) is 19.1 Å². The lowest BCUT2D eigenvalue weighted by molar-refractivity contribution is -0.140. The van der Waals surface area contributed by atoms with Gasteiger partial charge >= 0.3 is 5.97 Å². The van der Waals surface area contributed by atoms with Crippen molar-refractivity contribution in [3.63, 3.8) is 0 Å². The van der Waals surface area contributed by atoms with E-state index in [9.17, 15) is 9.59 Å². The molecule has 0 atom stereocenters. The molecule has 0 fully saturated rings. The van der Waals surface area contributed by atoms with Gasteiger partial charge in [0.15, 0.2) is 5.78 Å². The quantitative estimate of drug-likeness (QED) is 0.258. The van der Waals surface area contributed by atoms with Gasteiger partial charge in [-0.25, -0.2) is 4.79 Å². The van der Waals surface area contributed by atoms with E-state index in [4.69, 9.17) is 15.2 Å². The van der Waals surface area contributed by atoms with Gasteiger partial charge in [-0.1, -0.05) is 24.3 Å². The minimum atomic E-state index is -0.637. The lowest BCUT2D eigenvalue weighted by atomic mass is 10.0. The van der Waals surface area contributed by atoms with Crippen molar-refractivity contribution in [1.82, 2.24) is 0 Å². The summed E-state index contributed by atoms with van der Waals surface area (Å²) in [6, 6.07) is 7.48. The first-order chi connectivity index (χ1) is 10.1. The average molecular weight is 291 g/mol. The zero-order valence-corrected chi connectivity index (χ0v) is 12.4. The fraction of sp³-hybridized carbons (Fsp3) is 0.375. The third-order valence-electron chi connectivity index (χ3n) is 2.78. The number of esters is 1. The van der Waals surface area contributed by atoms with Gasteiger partial charge in [0.2, 0.25) is 0 Å². The highest BCUT2D eigenvalue weighted by molar-refractivity contribution is 6.21. The molecule has 2 N–H and O–H groups in total. The predicted molar refractivity (Wildman–Crippen MR) is 80.7 cm³/mol. The first-order valence-corrected chi connectivity index (χ1v) is 6.85. The molecule has 0 saturated heterocycles. The van der Waals surface area contributed by atoms with E-state index in [1.807, 2.05) is 31.2 Å². The summed E-state index contributed by atoms with van der Waals surface area (Å²) in [5.41, 5.74) is 7.05. The van der Waals surface area contributed by atoms with Gasteiger partial charge in [-0.15, -0.1) is 0 Å². The molecule has 21 heavy (non-hydrogen) atoms. The molecule has 5 nitrogen and oxygen atoms in total. The van der Waals surface area contributed by atoms with Crippen molar-refractivity contribution in [3.05, 3.63) is 41.0 Å². The maximum absolute atomic E-state index is 12.1. The number of ether oxygens (including phenoxy) is 2. The van der Waals surface area contributed by atoms with Crippen LogP contribution in [0.4, 0.5) is 0 Å². The third-order valence-corrected chi connectivity index (χ3v) is 2.78. The first kappa shape index (κ1) is 17.1. The van der Waals surface area contributed by atoms with Gasteiger partial charge in [0, 0.05) is 6.54 Å². The van der Waals surface area contributed by atoms with E-state index >= 15 is 0 Å². The molecule has 1 rings (SSSR count). The average Bonchev–Trinajstić information content (AvgIpc) is 2.46. The highest BCUT2D eigenvalue weighted by Gasteiger charge is 2.19. The summed E-state index contributed by atoms with van der Waals surface area (Å²) >= 11 is 0. The highest BCUT2D eigenvalue weighted by atomic mass is 16.5. The number of hydrogen-bond donors (Lipinski definition) is 1. The van der Waals surface area contributed by atoms with Gasteiger partial charge in [0.25, 0.3) is 0 Å². The Morgan fingerprint density at radius 2 is 2.00 bits per heavy atom. The molecule has 0 aliphatic heterocycles. The number of aryl methyl sites for hydroxylation is 1. The molecule has 0 heterocycles. The zero-order chi connectivity index (χ0) is 15.7. The number of carbonyl (C=O) groups excluding carboxylic acids is 2. The van der Waals surface area contributed by atoms with Gasteiger partial charge in [-0.2, -0.15) is 0 Å². The minimum Gasteiger partial charge on any atom is -0.462 e. The summed E-state index contributed by atoms with van der Waals surface area (Å²) in [5, 5.41) is 0. The fourth-order valence-corrected chi connectivity index (χ4v) is 1.69. The van der Waals surface area contributed by atoms with Gasteiger partial charge < -0.3 is 15.2 Å². The summed E-state index contributed by atoms with van der Waals surface area (Å²) in [4.78, 5) is 24.1. The fourth-order valence-electron chi connectivity index (χ4n) is 1.69. The molecule has 0 aliphatic carbocycles.